The average molecular weight is 253 g/mol. The van der Waals surface area contributed by atoms with Gasteiger partial charge in [-0.15, -0.1) is 0 Å². The molecule has 2 nitrogen and oxygen atoms in total. The quantitative estimate of drug-likeness (QED) is 0.779. The fraction of sp³-hybridized carbons (Fsp3) is 0.600. The van der Waals surface area contributed by atoms with Gasteiger partial charge in [0.1, 0.15) is 11.6 Å². The van der Waals surface area contributed by atoms with Gasteiger partial charge in [0.15, 0.2) is 0 Å². The molecule has 1 aromatic rings. The third kappa shape index (κ3) is 4.30. The Labute approximate surface area is 109 Å². The third-order valence-electron chi connectivity index (χ3n) is 2.96. The van der Waals surface area contributed by atoms with E-state index in [4.69, 9.17) is 10.5 Å². The molecule has 102 valence electrons. The summed E-state index contributed by atoms with van der Waals surface area (Å²) in [5.74, 6) is 1.17. The van der Waals surface area contributed by atoms with Crippen LogP contribution in [0.2, 0.25) is 0 Å². The smallest absolute Gasteiger partial charge is 0.126 e. The van der Waals surface area contributed by atoms with Gasteiger partial charge in [-0.3, -0.25) is 0 Å². The molecule has 0 saturated heterocycles. The standard InChI is InChI=1S/C15H24FNO/c1-10(2)6-5-7-18-15-8-11(3)14(16)9-13(15)12(4)17/h8-10,12H,5-7,17H2,1-4H3/t12-/m0/s1. The van der Waals surface area contributed by atoms with Crippen LogP contribution in [0.3, 0.4) is 0 Å². The largest absolute Gasteiger partial charge is 0.493 e. The molecule has 1 atom stereocenters. The van der Waals surface area contributed by atoms with E-state index in [0.29, 0.717) is 23.8 Å². The Morgan fingerprint density at radius 2 is 1.94 bits per heavy atom. The minimum absolute atomic E-state index is 0.222. The normalized spacial score (nSPS) is 12.8. The number of benzene rings is 1. The molecule has 0 aliphatic rings. The van der Waals surface area contributed by atoms with Crippen molar-refractivity contribution in [2.24, 2.45) is 11.7 Å². The van der Waals surface area contributed by atoms with Crippen LogP contribution >= 0.6 is 0 Å². The molecule has 0 aliphatic carbocycles. The van der Waals surface area contributed by atoms with Crippen molar-refractivity contribution in [1.29, 1.82) is 0 Å². The van der Waals surface area contributed by atoms with E-state index in [9.17, 15) is 4.39 Å². The zero-order chi connectivity index (χ0) is 13.7. The molecule has 1 aromatic carbocycles. The summed E-state index contributed by atoms with van der Waals surface area (Å²) in [6, 6.07) is 3.00. The van der Waals surface area contributed by atoms with Gasteiger partial charge in [-0.25, -0.2) is 4.39 Å². The van der Waals surface area contributed by atoms with E-state index in [2.05, 4.69) is 13.8 Å². The maximum absolute atomic E-state index is 13.5. The summed E-state index contributed by atoms with van der Waals surface area (Å²) in [5, 5.41) is 0. The van der Waals surface area contributed by atoms with E-state index in [0.717, 1.165) is 18.4 Å². The Morgan fingerprint density at radius 1 is 1.28 bits per heavy atom. The molecule has 3 heteroatoms. The lowest BCUT2D eigenvalue weighted by Gasteiger charge is -2.15. The predicted octanol–water partition coefficient (Wildman–Crippen LogP) is 3.97. The first-order valence-corrected chi connectivity index (χ1v) is 6.60. The Hall–Kier alpha value is -1.09. The highest BCUT2D eigenvalue weighted by Crippen LogP contribution is 2.27. The van der Waals surface area contributed by atoms with E-state index in [1.54, 1.807) is 13.0 Å². The van der Waals surface area contributed by atoms with Crippen molar-refractivity contribution in [3.8, 4) is 5.75 Å². The van der Waals surface area contributed by atoms with Crippen LogP contribution in [-0.2, 0) is 0 Å². The first-order valence-electron chi connectivity index (χ1n) is 6.60. The molecule has 1 rings (SSSR count). The summed E-state index contributed by atoms with van der Waals surface area (Å²) in [4.78, 5) is 0. The van der Waals surface area contributed by atoms with Gasteiger partial charge in [-0.1, -0.05) is 13.8 Å². The van der Waals surface area contributed by atoms with Crippen LogP contribution in [-0.4, -0.2) is 6.61 Å². The average Bonchev–Trinajstić information content (AvgIpc) is 2.28. The molecule has 0 radical (unpaired) electrons. The molecule has 0 amide bonds. The van der Waals surface area contributed by atoms with Gasteiger partial charge in [0.25, 0.3) is 0 Å². The van der Waals surface area contributed by atoms with Gasteiger partial charge >= 0.3 is 0 Å². The summed E-state index contributed by atoms with van der Waals surface area (Å²) in [6.45, 7) is 8.61. The van der Waals surface area contributed by atoms with Gasteiger partial charge in [-0.05, 0) is 50.3 Å². The molecule has 2 N–H and O–H groups in total. The first-order chi connectivity index (χ1) is 8.41. The summed E-state index contributed by atoms with van der Waals surface area (Å²) >= 11 is 0. The topological polar surface area (TPSA) is 35.2 Å². The summed E-state index contributed by atoms with van der Waals surface area (Å²) in [6.07, 6.45) is 2.14. The van der Waals surface area contributed by atoms with Crippen LogP contribution in [0.15, 0.2) is 12.1 Å². The molecule has 0 saturated carbocycles. The van der Waals surface area contributed by atoms with Gasteiger partial charge in [0, 0.05) is 11.6 Å². The van der Waals surface area contributed by atoms with Crippen LogP contribution in [0.5, 0.6) is 5.75 Å². The zero-order valence-corrected chi connectivity index (χ0v) is 11.8. The lowest BCUT2D eigenvalue weighted by atomic mass is 10.0. The second-order valence-corrected chi connectivity index (χ2v) is 5.31. The molecule has 0 bridgehead atoms. The SMILES string of the molecule is Cc1cc(OCCCC(C)C)c([C@H](C)N)cc1F. The molecule has 0 unspecified atom stereocenters. The van der Waals surface area contributed by atoms with E-state index in [-0.39, 0.29) is 11.9 Å². The van der Waals surface area contributed by atoms with Crippen molar-refractivity contribution < 1.29 is 9.13 Å². The molecule has 0 heterocycles. The monoisotopic (exact) mass is 253 g/mol. The first kappa shape index (κ1) is 15.0. The second-order valence-electron chi connectivity index (χ2n) is 5.31. The van der Waals surface area contributed by atoms with Gasteiger partial charge in [0.05, 0.1) is 6.61 Å². The molecular formula is C15H24FNO. The van der Waals surface area contributed by atoms with Crippen LogP contribution < -0.4 is 10.5 Å². The maximum atomic E-state index is 13.5. The number of aryl methyl sites for hydroxylation is 1. The van der Waals surface area contributed by atoms with Crippen molar-refractivity contribution in [1.82, 2.24) is 0 Å². The lowest BCUT2D eigenvalue weighted by molar-refractivity contribution is 0.293. The fourth-order valence-electron chi connectivity index (χ4n) is 1.82. The van der Waals surface area contributed by atoms with Gasteiger partial charge in [-0.2, -0.15) is 0 Å². The second kappa shape index (κ2) is 6.74. The minimum Gasteiger partial charge on any atom is -0.493 e. The third-order valence-corrected chi connectivity index (χ3v) is 2.96. The van der Waals surface area contributed by atoms with Crippen LogP contribution in [0.4, 0.5) is 4.39 Å². The van der Waals surface area contributed by atoms with Crippen molar-refractivity contribution in [2.45, 2.75) is 46.6 Å². The number of hydrogen-bond donors (Lipinski definition) is 1. The summed E-state index contributed by atoms with van der Waals surface area (Å²) < 4.78 is 19.2. The number of halogens is 1. The van der Waals surface area contributed by atoms with Crippen LogP contribution in [0, 0.1) is 18.7 Å². The number of rotatable bonds is 6. The van der Waals surface area contributed by atoms with E-state index >= 15 is 0 Å². The van der Waals surface area contributed by atoms with Crippen molar-refractivity contribution in [3.63, 3.8) is 0 Å². The Bertz CT molecular complexity index is 388. The lowest BCUT2D eigenvalue weighted by Crippen LogP contribution is -2.10. The molecule has 18 heavy (non-hydrogen) atoms. The highest BCUT2D eigenvalue weighted by Gasteiger charge is 2.12. The predicted molar refractivity (Wildman–Crippen MR) is 73.3 cm³/mol. The van der Waals surface area contributed by atoms with Gasteiger partial charge < -0.3 is 10.5 Å². The molecule has 0 aliphatic heterocycles. The summed E-state index contributed by atoms with van der Waals surface area (Å²) in [7, 11) is 0. The molecule has 0 spiro atoms. The minimum atomic E-state index is -0.225. The van der Waals surface area contributed by atoms with Crippen molar-refractivity contribution in [3.05, 3.63) is 29.1 Å². The molecule has 0 aromatic heterocycles. The van der Waals surface area contributed by atoms with Crippen molar-refractivity contribution in [2.75, 3.05) is 6.61 Å². The Balaban J connectivity index is 2.71. The van der Waals surface area contributed by atoms with Crippen molar-refractivity contribution >= 4 is 0 Å². The Morgan fingerprint density at radius 3 is 2.50 bits per heavy atom. The highest BCUT2D eigenvalue weighted by atomic mass is 19.1. The number of hydrogen-bond acceptors (Lipinski definition) is 2. The maximum Gasteiger partial charge on any atom is 0.126 e. The summed E-state index contributed by atoms with van der Waals surface area (Å²) in [5.41, 5.74) is 7.17. The van der Waals surface area contributed by atoms with E-state index in [1.807, 2.05) is 6.92 Å². The number of nitrogens with two attached hydrogens (primary N) is 1. The molecular weight excluding hydrogens is 229 g/mol. The van der Waals surface area contributed by atoms with E-state index in [1.165, 1.54) is 6.07 Å². The highest BCUT2D eigenvalue weighted by molar-refractivity contribution is 5.39. The Kier molecular flexibility index (Phi) is 5.60. The van der Waals surface area contributed by atoms with E-state index < -0.39 is 0 Å². The fourth-order valence-corrected chi connectivity index (χ4v) is 1.82. The van der Waals surface area contributed by atoms with Crippen LogP contribution in [0.25, 0.3) is 0 Å². The van der Waals surface area contributed by atoms with Crippen LogP contribution in [0.1, 0.15) is 50.8 Å². The number of ether oxygens (including phenoxy) is 1. The zero-order valence-electron chi connectivity index (χ0n) is 11.8. The molecule has 0 fully saturated rings. The van der Waals surface area contributed by atoms with Gasteiger partial charge in [0.2, 0.25) is 0 Å².